The highest BCUT2D eigenvalue weighted by Crippen LogP contribution is 2.23. The van der Waals surface area contributed by atoms with Gasteiger partial charge >= 0.3 is 0 Å². The Morgan fingerprint density at radius 2 is 2.05 bits per heavy atom. The predicted octanol–water partition coefficient (Wildman–Crippen LogP) is 2.56. The number of anilines is 1. The molecule has 0 saturated heterocycles. The first-order valence-electron chi connectivity index (χ1n) is 6.30. The van der Waals surface area contributed by atoms with Crippen LogP contribution in [0.15, 0.2) is 41.6 Å². The number of nitrogens with one attached hydrogen (secondary N) is 2. The number of hydrogen-bond donors (Lipinski definition) is 2. The number of sulfonamides is 1. The number of pyridine rings is 1. The van der Waals surface area contributed by atoms with Crippen molar-refractivity contribution in [1.82, 2.24) is 10.3 Å². The third-order valence-corrected chi connectivity index (χ3v) is 4.69. The Morgan fingerprint density at radius 3 is 2.71 bits per heavy atom. The highest BCUT2D eigenvalue weighted by molar-refractivity contribution is 7.92. The Balaban J connectivity index is 2.36. The lowest BCUT2D eigenvalue weighted by Crippen LogP contribution is -2.15. The molecule has 7 heteroatoms. The second-order valence-corrected chi connectivity index (χ2v) is 6.67. The van der Waals surface area contributed by atoms with E-state index >= 15 is 0 Å². The largest absolute Gasteiger partial charge is 0.316 e. The van der Waals surface area contributed by atoms with Gasteiger partial charge < -0.3 is 5.32 Å². The summed E-state index contributed by atoms with van der Waals surface area (Å²) in [6.45, 7) is 2.29. The number of aryl methyl sites for hydroxylation is 1. The van der Waals surface area contributed by atoms with Crippen LogP contribution in [0.2, 0.25) is 5.02 Å². The molecule has 2 aromatic rings. The lowest BCUT2D eigenvalue weighted by Gasteiger charge is -2.12. The van der Waals surface area contributed by atoms with Crippen LogP contribution in [0.25, 0.3) is 0 Å². The zero-order valence-electron chi connectivity index (χ0n) is 11.7. The summed E-state index contributed by atoms with van der Waals surface area (Å²) in [5.41, 5.74) is 1.99. The molecule has 0 fully saturated rings. The Labute approximate surface area is 129 Å². The first-order chi connectivity index (χ1) is 9.94. The molecular formula is C14H16ClN3O2S. The third kappa shape index (κ3) is 3.72. The van der Waals surface area contributed by atoms with Crippen LogP contribution in [0.5, 0.6) is 0 Å². The summed E-state index contributed by atoms with van der Waals surface area (Å²) in [5, 5.41) is 3.49. The topological polar surface area (TPSA) is 71.1 Å². The van der Waals surface area contributed by atoms with E-state index in [1.165, 1.54) is 6.07 Å². The number of aromatic nitrogens is 1. The minimum atomic E-state index is -3.66. The minimum Gasteiger partial charge on any atom is -0.316 e. The van der Waals surface area contributed by atoms with Crippen LogP contribution in [0.3, 0.4) is 0 Å². The molecule has 0 amide bonds. The van der Waals surface area contributed by atoms with E-state index in [2.05, 4.69) is 15.0 Å². The second-order valence-electron chi connectivity index (χ2n) is 4.58. The average molecular weight is 326 g/mol. The summed E-state index contributed by atoms with van der Waals surface area (Å²) in [6, 6.07) is 6.26. The maximum atomic E-state index is 12.4. The molecular weight excluding hydrogens is 310 g/mol. The van der Waals surface area contributed by atoms with Gasteiger partial charge in [-0.2, -0.15) is 0 Å². The van der Waals surface area contributed by atoms with E-state index in [-0.39, 0.29) is 4.90 Å². The molecule has 2 N–H and O–H groups in total. The fraction of sp³-hybridized carbons (Fsp3) is 0.214. The number of benzene rings is 1. The molecule has 0 radical (unpaired) electrons. The van der Waals surface area contributed by atoms with E-state index in [0.717, 1.165) is 11.1 Å². The van der Waals surface area contributed by atoms with Crippen LogP contribution >= 0.6 is 11.6 Å². The van der Waals surface area contributed by atoms with Crippen molar-refractivity contribution in [1.29, 1.82) is 0 Å². The van der Waals surface area contributed by atoms with Crippen LogP contribution in [-0.4, -0.2) is 20.4 Å². The summed E-state index contributed by atoms with van der Waals surface area (Å²) < 4.78 is 27.4. The summed E-state index contributed by atoms with van der Waals surface area (Å²) in [5.74, 6) is 0. The van der Waals surface area contributed by atoms with Crippen LogP contribution in [0.4, 0.5) is 5.69 Å². The molecule has 0 spiro atoms. The normalized spacial score (nSPS) is 11.4. The molecule has 2 rings (SSSR count). The SMILES string of the molecule is CNCc1cc(S(=O)(=O)Nc2ccncc2C)ccc1Cl. The first-order valence-corrected chi connectivity index (χ1v) is 8.16. The third-order valence-electron chi connectivity index (χ3n) is 2.96. The van der Waals surface area contributed by atoms with Crippen LogP contribution in [-0.2, 0) is 16.6 Å². The van der Waals surface area contributed by atoms with E-state index in [4.69, 9.17) is 11.6 Å². The van der Waals surface area contributed by atoms with E-state index in [1.54, 1.807) is 44.6 Å². The molecule has 0 atom stereocenters. The molecule has 0 aliphatic heterocycles. The maximum Gasteiger partial charge on any atom is 0.261 e. The van der Waals surface area contributed by atoms with Crippen molar-refractivity contribution < 1.29 is 8.42 Å². The zero-order chi connectivity index (χ0) is 15.5. The number of hydrogen-bond acceptors (Lipinski definition) is 4. The molecule has 1 aromatic heterocycles. The molecule has 0 aliphatic carbocycles. The molecule has 1 aromatic carbocycles. The average Bonchev–Trinajstić information content (AvgIpc) is 2.44. The Hall–Kier alpha value is -1.63. The van der Waals surface area contributed by atoms with E-state index in [0.29, 0.717) is 17.3 Å². The molecule has 0 saturated carbocycles. The quantitative estimate of drug-likeness (QED) is 0.886. The van der Waals surface area contributed by atoms with Gasteiger partial charge in [0.25, 0.3) is 10.0 Å². The fourth-order valence-corrected chi connectivity index (χ4v) is 3.20. The summed E-state index contributed by atoms with van der Waals surface area (Å²) >= 11 is 6.05. The summed E-state index contributed by atoms with van der Waals surface area (Å²) in [4.78, 5) is 4.11. The lowest BCUT2D eigenvalue weighted by atomic mass is 10.2. The van der Waals surface area contributed by atoms with Crippen molar-refractivity contribution in [3.63, 3.8) is 0 Å². The van der Waals surface area contributed by atoms with E-state index in [9.17, 15) is 8.42 Å². The Morgan fingerprint density at radius 1 is 1.29 bits per heavy atom. The number of nitrogens with zero attached hydrogens (tertiary/aromatic N) is 1. The molecule has 112 valence electrons. The van der Waals surface area contributed by atoms with Crippen molar-refractivity contribution in [2.24, 2.45) is 0 Å². The van der Waals surface area contributed by atoms with Gasteiger partial charge in [0, 0.05) is 24.0 Å². The van der Waals surface area contributed by atoms with Gasteiger partial charge in [0.15, 0.2) is 0 Å². The van der Waals surface area contributed by atoms with Gasteiger partial charge in [0.05, 0.1) is 10.6 Å². The van der Waals surface area contributed by atoms with Crippen molar-refractivity contribution in [2.45, 2.75) is 18.4 Å². The van der Waals surface area contributed by atoms with Gasteiger partial charge in [-0.05, 0) is 49.4 Å². The van der Waals surface area contributed by atoms with Gasteiger partial charge in [0.2, 0.25) is 0 Å². The van der Waals surface area contributed by atoms with Crippen LogP contribution in [0, 0.1) is 6.92 Å². The molecule has 1 heterocycles. The first kappa shape index (κ1) is 15.8. The highest BCUT2D eigenvalue weighted by Gasteiger charge is 2.16. The number of rotatable bonds is 5. The smallest absolute Gasteiger partial charge is 0.261 e. The summed E-state index contributed by atoms with van der Waals surface area (Å²) in [6.07, 6.45) is 3.14. The van der Waals surface area contributed by atoms with Gasteiger partial charge in [-0.1, -0.05) is 11.6 Å². The molecule has 0 aliphatic rings. The van der Waals surface area contributed by atoms with E-state index in [1.807, 2.05) is 0 Å². The number of halogens is 1. The highest BCUT2D eigenvalue weighted by atomic mass is 35.5. The maximum absolute atomic E-state index is 12.4. The molecule has 5 nitrogen and oxygen atoms in total. The van der Waals surface area contributed by atoms with Gasteiger partial charge in [-0.15, -0.1) is 0 Å². The van der Waals surface area contributed by atoms with Crippen LogP contribution < -0.4 is 10.0 Å². The molecule has 0 bridgehead atoms. The van der Waals surface area contributed by atoms with Gasteiger partial charge in [-0.25, -0.2) is 8.42 Å². The van der Waals surface area contributed by atoms with Crippen molar-refractivity contribution in [3.8, 4) is 0 Å². The molecule has 21 heavy (non-hydrogen) atoms. The second kappa shape index (κ2) is 6.43. The standard InChI is InChI=1S/C14H16ClN3O2S/c1-10-8-17-6-5-14(10)18-21(19,20)12-3-4-13(15)11(7-12)9-16-2/h3-8,16H,9H2,1-2H3,(H,17,18). The summed E-state index contributed by atoms with van der Waals surface area (Å²) in [7, 11) is -1.88. The van der Waals surface area contributed by atoms with Gasteiger partial charge in [0.1, 0.15) is 0 Å². The fourth-order valence-electron chi connectivity index (χ4n) is 1.84. The Bertz CT molecular complexity index is 748. The monoisotopic (exact) mass is 325 g/mol. The minimum absolute atomic E-state index is 0.174. The zero-order valence-corrected chi connectivity index (χ0v) is 13.3. The molecule has 0 unspecified atom stereocenters. The predicted molar refractivity (Wildman–Crippen MR) is 84.0 cm³/mol. The Kier molecular flexibility index (Phi) is 4.82. The van der Waals surface area contributed by atoms with Crippen molar-refractivity contribution in [2.75, 3.05) is 11.8 Å². The van der Waals surface area contributed by atoms with E-state index < -0.39 is 10.0 Å². The van der Waals surface area contributed by atoms with Crippen molar-refractivity contribution in [3.05, 3.63) is 52.8 Å². The van der Waals surface area contributed by atoms with Crippen molar-refractivity contribution >= 4 is 27.3 Å². The van der Waals surface area contributed by atoms with Crippen LogP contribution in [0.1, 0.15) is 11.1 Å². The lowest BCUT2D eigenvalue weighted by molar-refractivity contribution is 0.601. The van der Waals surface area contributed by atoms with Gasteiger partial charge in [-0.3, -0.25) is 9.71 Å².